The Balaban J connectivity index is 0.00000176. The van der Waals surface area contributed by atoms with E-state index in [0.717, 1.165) is 17.9 Å². The summed E-state index contributed by atoms with van der Waals surface area (Å²) in [5, 5.41) is 3.44. The van der Waals surface area contributed by atoms with E-state index in [1.807, 2.05) is 12.1 Å². The fraction of sp³-hybridized carbons (Fsp3) is 0.667. The molecular weight excluding hydrogens is 299 g/mol. The lowest BCUT2D eigenvalue weighted by Crippen LogP contribution is -2.40. The smallest absolute Gasteiger partial charge is 0.126 e. The van der Waals surface area contributed by atoms with E-state index in [-0.39, 0.29) is 18.2 Å². The van der Waals surface area contributed by atoms with Crippen LogP contribution >= 0.6 is 12.4 Å². The average Bonchev–Trinajstić information content (AvgIpc) is 2.52. The van der Waals surface area contributed by atoms with Crippen LogP contribution in [0.5, 0.6) is 0 Å². The van der Waals surface area contributed by atoms with Gasteiger partial charge in [-0.3, -0.25) is 0 Å². The fourth-order valence-corrected chi connectivity index (χ4v) is 3.78. The molecule has 1 aromatic rings. The Hall–Kier alpha value is -0.640. The van der Waals surface area contributed by atoms with Crippen molar-refractivity contribution in [2.45, 2.75) is 32.1 Å². The van der Waals surface area contributed by atoms with Crippen molar-refractivity contribution < 1.29 is 4.39 Å². The highest BCUT2D eigenvalue weighted by atomic mass is 35.5. The van der Waals surface area contributed by atoms with E-state index >= 15 is 0 Å². The van der Waals surface area contributed by atoms with Crippen molar-refractivity contribution in [1.29, 1.82) is 0 Å². The third kappa shape index (κ3) is 4.94. The molecule has 124 valence electrons. The van der Waals surface area contributed by atoms with Gasteiger partial charge in [-0.25, -0.2) is 4.39 Å². The number of nitrogens with zero attached hydrogens (tertiary/aromatic N) is 1. The average molecular weight is 327 g/mol. The van der Waals surface area contributed by atoms with E-state index in [1.54, 1.807) is 12.1 Å². The highest BCUT2D eigenvalue weighted by molar-refractivity contribution is 5.85. The normalized spacial score (nSPS) is 21.5. The van der Waals surface area contributed by atoms with Crippen molar-refractivity contribution in [2.24, 2.45) is 11.8 Å². The molecule has 2 nitrogen and oxygen atoms in total. The van der Waals surface area contributed by atoms with Crippen LogP contribution in [0, 0.1) is 17.7 Å². The molecule has 0 bridgehead atoms. The maximum atomic E-state index is 13.7. The highest BCUT2D eigenvalue weighted by Crippen LogP contribution is 2.24. The van der Waals surface area contributed by atoms with Crippen LogP contribution in [-0.4, -0.2) is 37.6 Å². The summed E-state index contributed by atoms with van der Waals surface area (Å²) in [5.74, 6) is 1.51. The van der Waals surface area contributed by atoms with Crippen molar-refractivity contribution in [3.63, 3.8) is 0 Å². The van der Waals surface area contributed by atoms with Crippen LogP contribution in [0.3, 0.4) is 0 Å². The molecule has 0 aliphatic carbocycles. The van der Waals surface area contributed by atoms with Crippen molar-refractivity contribution in [1.82, 2.24) is 10.2 Å². The molecule has 0 atom stereocenters. The quantitative estimate of drug-likeness (QED) is 0.911. The van der Waals surface area contributed by atoms with Gasteiger partial charge in [-0.15, -0.1) is 12.4 Å². The molecule has 0 radical (unpaired) electrons. The number of likely N-dealkylation sites (tertiary alicyclic amines) is 1. The van der Waals surface area contributed by atoms with Gasteiger partial charge in [0, 0.05) is 6.54 Å². The Bertz CT molecular complexity index is 440. The van der Waals surface area contributed by atoms with Gasteiger partial charge in [-0.1, -0.05) is 18.2 Å². The van der Waals surface area contributed by atoms with Crippen LogP contribution in [0.4, 0.5) is 4.39 Å². The number of benzene rings is 1. The Morgan fingerprint density at radius 1 is 1.00 bits per heavy atom. The van der Waals surface area contributed by atoms with E-state index in [9.17, 15) is 4.39 Å². The standard InChI is InChI=1S/C18H27FN2.ClH/c19-18-4-2-1-3-17(18)13-15-7-11-21(12-8-15)14-16-5-9-20-10-6-16;/h1-4,15-16,20H,5-14H2;1H. The molecule has 1 N–H and O–H groups in total. The van der Waals surface area contributed by atoms with Crippen LogP contribution in [0.2, 0.25) is 0 Å². The molecular formula is C18H28ClFN2. The first-order valence-corrected chi connectivity index (χ1v) is 8.48. The molecule has 2 heterocycles. The van der Waals surface area contributed by atoms with E-state index in [2.05, 4.69) is 10.2 Å². The molecule has 4 heteroatoms. The number of hydrogen-bond acceptors (Lipinski definition) is 2. The summed E-state index contributed by atoms with van der Waals surface area (Å²) < 4.78 is 13.7. The first kappa shape index (κ1) is 17.7. The molecule has 2 aliphatic heterocycles. The minimum absolute atomic E-state index is 0. The zero-order valence-corrected chi connectivity index (χ0v) is 14.1. The predicted octanol–water partition coefficient (Wildman–Crippen LogP) is 3.50. The van der Waals surface area contributed by atoms with Crippen LogP contribution in [-0.2, 0) is 6.42 Å². The summed E-state index contributed by atoms with van der Waals surface area (Å²) in [5.41, 5.74) is 0.898. The Kier molecular flexibility index (Phi) is 7.13. The van der Waals surface area contributed by atoms with Gasteiger partial charge in [0.05, 0.1) is 0 Å². The maximum Gasteiger partial charge on any atom is 0.126 e. The van der Waals surface area contributed by atoms with Gasteiger partial charge in [-0.2, -0.15) is 0 Å². The molecule has 2 saturated heterocycles. The van der Waals surface area contributed by atoms with E-state index in [4.69, 9.17) is 0 Å². The third-order valence-corrected chi connectivity index (χ3v) is 5.15. The van der Waals surface area contributed by atoms with Gasteiger partial charge in [-0.05, 0) is 81.7 Å². The van der Waals surface area contributed by atoms with Crippen LogP contribution < -0.4 is 5.32 Å². The molecule has 3 rings (SSSR count). The lowest BCUT2D eigenvalue weighted by molar-refractivity contribution is 0.148. The summed E-state index contributed by atoms with van der Waals surface area (Å²) >= 11 is 0. The molecule has 0 aromatic heterocycles. The minimum atomic E-state index is -0.0327. The summed E-state index contributed by atoms with van der Waals surface area (Å²) in [6, 6.07) is 7.25. The lowest BCUT2D eigenvalue weighted by Gasteiger charge is -2.35. The second kappa shape index (κ2) is 8.85. The highest BCUT2D eigenvalue weighted by Gasteiger charge is 2.23. The largest absolute Gasteiger partial charge is 0.317 e. The van der Waals surface area contributed by atoms with Crippen molar-refractivity contribution in [3.05, 3.63) is 35.6 Å². The predicted molar refractivity (Wildman–Crippen MR) is 92.1 cm³/mol. The van der Waals surface area contributed by atoms with Gasteiger partial charge in [0.15, 0.2) is 0 Å². The van der Waals surface area contributed by atoms with Crippen molar-refractivity contribution in [2.75, 3.05) is 32.7 Å². The van der Waals surface area contributed by atoms with Crippen molar-refractivity contribution in [3.8, 4) is 0 Å². The van der Waals surface area contributed by atoms with E-state index in [0.29, 0.717) is 5.92 Å². The topological polar surface area (TPSA) is 15.3 Å². The monoisotopic (exact) mass is 326 g/mol. The molecule has 0 spiro atoms. The van der Waals surface area contributed by atoms with Gasteiger partial charge in [0.2, 0.25) is 0 Å². The SMILES string of the molecule is Cl.Fc1ccccc1CC1CCN(CC2CCNCC2)CC1. The second-order valence-corrected chi connectivity index (χ2v) is 6.73. The second-order valence-electron chi connectivity index (χ2n) is 6.73. The number of halogens is 2. The van der Waals surface area contributed by atoms with Crippen LogP contribution in [0.15, 0.2) is 24.3 Å². The lowest BCUT2D eigenvalue weighted by atomic mass is 9.89. The number of piperidine rings is 2. The van der Waals surface area contributed by atoms with Gasteiger partial charge in [0.25, 0.3) is 0 Å². The summed E-state index contributed by atoms with van der Waals surface area (Å²) in [6.45, 7) is 6.04. The Labute approximate surface area is 139 Å². The number of nitrogens with one attached hydrogen (secondary N) is 1. The molecule has 2 aliphatic rings. The molecule has 0 saturated carbocycles. The zero-order valence-electron chi connectivity index (χ0n) is 13.3. The Morgan fingerprint density at radius 3 is 2.36 bits per heavy atom. The van der Waals surface area contributed by atoms with E-state index in [1.165, 1.54) is 58.4 Å². The zero-order chi connectivity index (χ0) is 14.5. The molecule has 1 aromatic carbocycles. The maximum absolute atomic E-state index is 13.7. The number of rotatable bonds is 4. The minimum Gasteiger partial charge on any atom is -0.317 e. The summed E-state index contributed by atoms with van der Waals surface area (Å²) in [7, 11) is 0. The van der Waals surface area contributed by atoms with Crippen LogP contribution in [0.1, 0.15) is 31.2 Å². The first-order chi connectivity index (χ1) is 10.3. The summed E-state index contributed by atoms with van der Waals surface area (Å²) in [6.07, 6.45) is 6.01. The number of hydrogen-bond donors (Lipinski definition) is 1. The van der Waals surface area contributed by atoms with Gasteiger partial charge >= 0.3 is 0 Å². The van der Waals surface area contributed by atoms with Crippen LogP contribution in [0.25, 0.3) is 0 Å². The molecule has 2 fully saturated rings. The molecule has 22 heavy (non-hydrogen) atoms. The Morgan fingerprint density at radius 2 is 1.68 bits per heavy atom. The fourth-order valence-electron chi connectivity index (χ4n) is 3.78. The van der Waals surface area contributed by atoms with E-state index < -0.39 is 0 Å². The summed E-state index contributed by atoms with van der Waals surface area (Å²) in [4.78, 5) is 2.63. The first-order valence-electron chi connectivity index (χ1n) is 8.48. The van der Waals surface area contributed by atoms with Gasteiger partial charge < -0.3 is 10.2 Å². The molecule has 0 unspecified atom stereocenters. The molecule has 0 amide bonds. The third-order valence-electron chi connectivity index (χ3n) is 5.15. The van der Waals surface area contributed by atoms with Gasteiger partial charge in [0.1, 0.15) is 5.82 Å². The van der Waals surface area contributed by atoms with Crippen molar-refractivity contribution >= 4 is 12.4 Å².